The molecule has 0 aromatic rings. The lowest BCUT2D eigenvalue weighted by Gasteiger charge is -2.26. The summed E-state index contributed by atoms with van der Waals surface area (Å²) in [6.07, 6.45) is 7.25. The van der Waals surface area contributed by atoms with Crippen LogP contribution in [0.5, 0.6) is 0 Å². The van der Waals surface area contributed by atoms with E-state index in [9.17, 15) is 4.79 Å². The van der Waals surface area contributed by atoms with E-state index in [4.69, 9.17) is 5.73 Å². The molecule has 0 aliphatic heterocycles. The zero-order chi connectivity index (χ0) is 13.5. The molecule has 1 saturated carbocycles. The van der Waals surface area contributed by atoms with Gasteiger partial charge in [-0.25, -0.2) is 0 Å². The summed E-state index contributed by atoms with van der Waals surface area (Å²) >= 11 is 0. The fourth-order valence-electron chi connectivity index (χ4n) is 2.76. The van der Waals surface area contributed by atoms with Crippen molar-refractivity contribution in [3.63, 3.8) is 0 Å². The van der Waals surface area contributed by atoms with Gasteiger partial charge in [0, 0.05) is 6.54 Å². The Morgan fingerprint density at radius 3 is 2.44 bits per heavy atom. The lowest BCUT2D eigenvalue weighted by atomic mass is 9.81. The van der Waals surface area contributed by atoms with E-state index < -0.39 is 0 Å². The van der Waals surface area contributed by atoms with Gasteiger partial charge >= 0.3 is 0 Å². The van der Waals surface area contributed by atoms with Crippen LogP contribution >= 0.6 is 0 Å². The smallest absolute Gasteiger partial charge is 0.236 e. The summed E-state index contributed by atoms with van der Waals surface area (Å²) in [7, 11) is 0. The van der Waals surface area contributed by atoms with E-state index in [-0.39, 0.29) is 11.9 Å². The summed E-state index contributed by atoms with van der Waals surface area (Å²) in [6.45, 7) is 7.32. The van der Waals surface area contributed by atoms with Crippen LogP contribution in [0.1, 0.15) is 59.3 Å². The average Bonchev–Trinajstić information content (AvgIpc) is 2.30. The molecule has 3 N–H and O–H groups in total. The fourth-order valence-corrected chi connectivity index (χ4v) is 2.76. The summed E-state index contributed by atoms with van der Waals surface area (Å²) in [5.74, 6) is 2.21. The standard InChI is InChI=1S/C15H30N2O/c1-11(2)10-14(16)15(18)17-9-8-13-6-4-12(3)5-7-13/h11-14H,4-10,16H2,1-3H3,(H,17,18)/t12?,13?,14-/m0/s1. The van der Waals surface area contributed by atoms with Gasteiger partial charge in [-0.15, -0.1) is 0 Å². The summed E-state index contributed by atoms with van der Waals surface area (Å²) in [5.41, 5.74) is 5.84. The highest BCUT2D eigenvalue weighted by Gasteiger charge is 2.19. The summed E-state index contributed by atoms with van der Waals surface area (Å²) in [6, 6.07) is -0.337. The molecule has 3 nitrogen and oxygen atoms in total. The van der Waals surface area contributed by atoms with Crippen molar-refractivity contribution in [3.05, 3.63) is 0 Å². The van der Waals surface area contributed by atoms with Crippen molar-refractivity contribution in [1.29, 1.82) is 0 Å². The Labute approximate surface area is 112 Å². The van der Waals surface area contributed by atoms with Gasteiger partial charge in [0.25, 0.3) is 0 Å². The first-order valence-corrected chi connectivity index (χ1v) is 7.52. The summed E-state index contributed by atoms with van der Waals surface area (Å²) in [5, 5.41) is 2.98. The monoisotopic (exact) mass is 254 g/mol. The number of carbonyl (C=O) groups is 1. The Bertz CT molecular complexity index is 245. The van der Waals surface area contributed by atoms with E-state index in [0.717, 1.165) is 31.2 Å². The van der Waals surface area contributed by atoms with Gasteiger partial charge in [0.2, 0.25) is 5.91 Å². The molecule has 0 aromatic heterocycles. The van der Waals surface area contributed by atoms with E-state index in [1.165, 1.54) is 25.7 Å². The van der Waals surface area contributed by atoms with Crippen LogP contribution in [0.3, 0.4) is 0 Å². The second-order valence-electron chi connectivity index (χ2n) is 6.44. The van der Waals surface area contributed by atoms with Gasteiger partial charge in [-0.1, -0.05) is 46.5 Å². The molecule has 1 aliphatic carbocycles. The van der Waals surface area contributed by atoms with Crippen molar-refractivity contribution in [2.24, 2.45) is 23.5 Å². The Balaban J connectivity index is 2.11. The molecule has 1 atom stereocenters. The molecule has 0 bridgehead atoms. The van der Waals surface area contributed by atoms with Gasteiger partial charge in [-0.3, -0.25) is 4.79 Å². The molecule has 1 rings (SSSR count). The third kappa shape index (κ3) is 5.85. The van der Waals surface area contributed by atoms with Gasteiger partial charge in [0.05, 0.1) is 6.04 Å². The SMILES string of the molecule is CC(C)C[C@H](N)C(=O)NCCC1CCC(C)CC1. The molecule has 0 radical (unpaired) electrons. The number of carbonyl (C=O) groups excluding carboxylic acids is 1. The van der Waals surface area contributed by atoms with Crippen LogP contribution in [0, 0.1) is 17.8 Å². The Morgan fingerprint density at radius 2 is 1.89 bits per heavy atom. The minimum absolute atomic E-state index is 0.0212. The molecule has 106 valence electrons. The van der Waals surface area contributed by atoms with E-state index in [2.05, 4.69) is 26.1 Å². The fraction of sp³-hybridized carbons (Fsp3) is 0.933. The van der Waals surface area contributed by atoms with Crippen LogP contribution in [0.4, 0.5) is 0 Å². The van der Waals surface area contributed by atoms with Gasteiger partial charge in [0.15, 0.2) is 0 Å². The van der Waals surface area contributed by atoms with Crippen molar-refractivity contribution in [1.82, 2.24) is 5.32 Å². The van der Waals surface area contributed by atoms with E-state index >= 15 is 0 Å². The minimum Gasteiger partial charge on any atom is -0.355 e. The third-order valence-electron chi connectivity index (χ3n) is 4.05. The predicted octanol–water partition coefficient (Wildman–Crippen LogP) is 2.69. The average molecular weight is 254 g/mol. The number of hydrogen-bond donors (Lipinski definition) is 2. The zero-order valence-electron chi connectivity index (χ0n) is 12.2. The van der Waals surface area contributed by atoms with Crippen LogP contribution < -0.4 is 11.1 Å². The molecule has 1 aliphatic rings. The maximum atomic E-state index is 11.7. The lowest BCUT2D eigenvalue weighted by molar-refractivity contribution is -0.122. The van der Waals surface area contributed by atoms with Crippen LogP contribution in [0.25, 0.3) is 0 Å². The second kappa shape index (κ2) is 7.78. The highest BCUT2D eigenvalue weighted by Crippen LogP contribution is 2.29. The molecular weight excluding hydrogens is 224 g/mol. The number of nitrogens with two attached hydrogens (primary N) is 1. The number of nitrogens with one attached hydrogen (secondary N) is 1. The van der Waals surface area contributed by atoms with Crippen molar-refractivity contribution in [2.75, 3.05) is 6.54 Å². The van der Waals surface area contributed by atoms with Crippen LogP contribution in [-0.2, 0) is 4.79 Å². The van der Waals surface area contributed by atoms with Crippen molar-refractivity contribution >= 4 is 5.91 Å². The van der Waals surface area contributed by atoms with E-state index in [1.54, 1.807) is 0 Å². The molecule has 0 unspecified atom stereocenters. The maximum Gasteiger partial charge on any atom is 0.236 e. The topological polar surface area (TPSA) is 55.1 Å². The van der Waals surface area contributed by atoms with Crippen molar-refractivity contribution in [2.45, 2.75) is 65.3 Å². The summed E-state index contributed by atoms with van der Waals surface area (Å²) < 4.78 is 0. The van der Waals surface area contributed by atoms with Crippen LogP contribution in [-0.4, -0.2) is 18.5 Å². The number of rotatable bonds is 6. The molecule has 0 saturated heterocycles. The second-order valence-corrected chi connectivity index (χ2v) is 6.44. The zero-order valence-corrected chi connectivity index (χ0v) is 12.2. The first-order valence-electron chi connectivity index (χ1n) is 7.52. The summed E-state index contributed by atoms with van der Waals surface area (Å²) in [4.78, 5) is 11.7. The lowest BCUT2D eigenvalue weighted by Crippen LogP contribution is -2.42. The van der Waals surface area contributed by atoms with Gasteiger partial charge < -0.3 is 11.1 Å². The molecule has 18 heavy (non-hydrogen) atoms. The van der Waals surface area contributed by atoms with Gasteiger partial charge in [0.1, 0.15) is 0 Å². The molecule has 1 fully saturated rings. The van der Waals surface area contributed by atoms with Gasteiger partial charge in [-0.05, 0) is 30.6 Å². The Kier molecular flexibility index (Phi) is 6.69. The first kappa shape index (κ1) is 15.5. The predicted molar refractivity (Wildman–Crippen MR) is 76.2 cm³/mol. The first-order chi connectivity index (χ1) is 8.49. The quantitative estimate of drug-likeness (QED) is 0.765. The van der Waals surface area contributed by atoms with Crippen LogP contribution in [0.2, 0.25) is 0 Å². The minimum atomic E-state index is -0.337. The van der Waals surface area contributed by atoms with Crippen molar-refractivity contribution in [3.8, 4) is 0 Å². The Morgan fingerprint density at radius 1 is 1.28 bits per heavy atom. The van der Waals surface area contributed by atoms with Gasteiger partial charge in [-0.2, -0.15) is 0 Å². The highest BCUT2D eigenvalue weighted by molar-refractivity contribution is 5.81. The van der Waals surface area contributed by atoms with E-state index in [0.29, 0.717) is 5.92 Å². The van der Waals surface area contributed by atoms with E-state index in [1.807, 2.05) is 0 Å². The normalized spacial score (nSPS) is 26.1. The van der Waals surface area contributed by atoms with Crippen LogP contribution in [0.15, 0.2) is 0 Å². The number of hydrogen-bond acceptors (Lipinski definition) is 2. The maximum absolute atomic E-state index is 11.7. The number of amides is 1. The molecule has 1 amide bonds. The molecular formula is C15H30N2O. The third-order valence-corrected chi connectivity index (χ3v) is 4.05. The largest absolute Gasteiger partial charge is 0.355 e. The Hall–Kier alpha value is -0.570. The molecule has 3 heteroatoms. The molecule has 0 spiro atoms. The highest BCUT2D eigenvalue weighted by atomic mass is 16.2. The van der Waals surface area contributed by atoms with Crippen molar-refractivity contribution < 1.29 is 4.79 Å². The molecule has 0 aromatic carbocycles. The molecule has 0 heterocycles.